The molecule has 0 saturated carbocycles. The van der Waals surface area contributed by atoms with E-state index in [9.17, 15) is 9.59 Å². The minimum atomic E-state index is -0.781. The highest BCUT2D eigenvalue weighted by atomic mass is 16.4. The molecule has 2 rings (SSSR count). The second-order valence-electron chi connectivity index (χ2n) is 6.23. The van der Waals surface area contributed by atoms with E-state index in [1.807, 2.05) is 11.8 Å². The molecule has 2 aliphatic rings. The van der Waals surface area contributed by atoms with Crippen molar-refractivity contribution < 1.29 is 14.7 Å². The molecule has 0 bridgehead atoms. The molecule has 2 fully saturated rings. The summed E-state index contributed by atoms with van der Waals surface area (Å²) in [5, 5.41) is 9.15. The maximum absolute atomic E-state index is 12.4. The second-order valence-corrected chi connectivity index (χ2v) is 6.23. The number of carboxylic acids is 1. The van der Waals surface area contributed by atoms with E-state index < -0.39 is 11.9 Å². The van der Waals surface area contributed by atoms with Gasteiger partial charge in [0.05, 0.1) is 5.92 Å². The van der Waals surface area contributed by atoms with Crippen LogP contribution in [-0.4, -0.2) is 53.1 Å². The summed E-state index contributed by atoms with van der Waals surface area (Å²) in [6.45, 7) is 6.91. The maximum Gasteiger partial charge on any atom is 0.320 e. The van der Waals surface area contributed by atoms with Crippen LogP contribution in [0, 0.1) is 17.8 Å². The van der Waals surface area contributed by atoms with Crippen molar-refractivity contribution in [3.05, 3.63) is 0 Å². The molecule has 2 unspecified atom stereocenters. The van der Waals surface area contributed by atoms with E-state index in [1.54, 1.807) is 4.90 Å². The Morgan fingerprint density at radius 1 is 1.00 bits per heavy atom. The predicted molar refractivity (Wildman–Crippen MR) is 71.8 cm³/mol. The molecule has 5 heteroatoms. The number of aliphatic carboxylic acids is 1. The van der Waals surface area contributed by atoms with Crippen LogP contribution >= 0.6 is 0 Å². The summed E-state index contributed by atoms with van der Waals surface area (Å²) in [5.41, 5.74) is 0. The first kappa shape index (κ1) is 14.2. The second kappa shape index (κ2) is 5.80. The Balaban J connectivity index is 1.96. The number of hydrogen-bond acceptors (Lipinski definition) is 2. The first-order valence-corrected chi connectivity index (χ1v) is 7.24. The van der Waals surface area contributed by atoms with Gasteiger partial charge < -0.3 is 14.9 Å². The quantitative estimate of drug-likeness (QED) is 0.790. The molecular formula is C14H24N2O3. The molecule has 2 atom stereocenters. The average molecular weight is 268 g/mol. The van der Waals surface area contributed by atoms with E-state index in [-0.39, 0.29) is 11.9 Å². The Morgan fingerprint density at radius 2 is 1.63 bits per heavy atom. The van der Waals surface area contributed by atoms with Crippen LogP contribution in [-0.2, 0) is 4.79 Å². The largest absolute Gasteiger partial charge is 0.481 e. The van der Waals surface area contributed by atoms with Gasteiger partial charge in [0, 0.05) is 26.2 Å². The van der Waals surface area contributed by atoms with Crippen LogP contribution in [0.2, 0.25) is 0 Å². The van der Waals surface area contributed by atoms with E-state index in [2.05, 4.69) is 6.92 Å². The average Bonchev–Trinajstić information content (AvgIpc) is 2.38. The Bertz CT molecular complexity index is 351. The number of carbonyl (C=O) groups excluding carboxylic acids is 1. The minimum absolute atomic E-state index is 0.0321. The number of amides is 2. The summed E-state index contributed by atoms with van der Waals surface area (Å²) >= 11 is 0. The summed E-state index contributed by atoms with van der Waals surface area (Å²) in [5.74, 6) is -0.230. The zero-order chi connectivity index (χ0) is 14.0. The molecule has 2 amide bonds. The molecule has 0 radical (unpaired) electrons. The third kappa shape index (κ3) is 3.39. The normalized spacial score (nSPS) is 29.4. The number of rotatable bonds is 1. The molecule has 0 aromatic carbocycles. The lowest BCUT2D eigenvalue weighted by molar-refractivity contribution is -0.143. The number of nitrogens with zero attached hydrogens (tertiary/aromatic N) is 2. The Hall–Kier alpha value is -1.26. The van der Waals surface area contributed by atoms with Crippen LogP contribution in [0.1, 0.15) is 33.1 Å². The number of hydrogen-bond donors (Lipinski definition) is 1. The van der Waals surface area contributed by atoms with Gasteiger partial charge in [-0.1, -0.05) is 13.8 Å². The van der Waals surface area contributed by atoms with Gasteiger partial charge in [0.15, 0.2) is 0 Å². The molecule has 5 nitrogen and oxygen atoms in total. The molecule has 0 spiro atoms. The number of piperidine rings is 2. The third-order valence-electron chi connectivity index (χ3n) is 4.33. The molecule has 0 aromatic rings. The van der Waals surface area contributed by atoms with Gasteiger partial charge in [-0.3, -0.25) is 4.79 Å². The van der Waals surface area contributed by atoms with Crippen LogP contribution in [0.5, 0.6) is 0 Å². The van der Waals surface area contributed by atoms with Crippen LogP contribution in [0.25, 0.3) is 0 Å². The number of carboxylic acid groups (broad SMARTS) is 1. The van der Waals surface area contributed by atoms with Crippen molar-refractivity contribution in [2.24, 2.45) is 17.8 Å². The van der Waals surface area contributed by atoms with Gasteiger partial charge in [0.1, 0.15) is 0 Å². The van der Waals surface area contributed by atoms with Gasteiger partial charge >= 0.3 is 12.0 Å². The Kier molecular flexibility index (Phi) is 4.32. The van der Waals surface area contributed by atoms with Crippen molar-refractivity contribution >= 4 is 12.0 Å². The topological polar surface area (TPSA) is 60.9 Å². The van der Waals surface area contributed by atoms with Crippen molar-refractivity contribution in [3.8, 4) is 0 Å². The van der Waals surface area contributed by atoms with Gasteiger partial charge in [-0.15, -0.1) is 0 Å². The summed E-state index contributed by atoms with van der Waals surface area (Å²) < 4.78 is 0. The van der Waals surface area contributed by atoms with E-state index in [4.69, 9.17) is 5.11 Å². The first-order chi connectivity index (χ1) is 8.97. The maximum atomic E-state index is 12.4. The van der Waals surface area contributed by atoms with Crippen LogP contribution in [0.15, 0.2) is 0 Å². The van der Waals surface area contributed by atoms with E-state index in [0.717, 1.165) is 25.9 Å². The van der Waals surface area contributed by atoms with Crippen molar-refractivity contribution in [2.75, 3.05) is 26.2 Å². The zero-order valence-electron chi connectivity index (χ0n) is 11.8. The first-order valence-electron chi connectivity index (χ1n) is 7.24. The molecule has 108 valence electrons. The smallest absolute Gasteiger partial charge is 0.320 e. The molecule has 2 aliphatic heterocycles. The summed E-state index contributed by atoms with van der Waals surface area (Å²) in [4.78, 5) is 27.2. The molecule has 2 heterocycles. The van der Waals surface area contributed by atoms with Crippen molar-refractivity contribution in [1.82, 2.24) is 9.80 Å². The minimum Gasteiger partial charge on any atom is -0.481 e. The van der Waals surface area contributed by atoms with E-state index in [0.29, 0.717) is 25.4 Å². The monoisotopic (exact) mass is 268 g/mol. The molecule has 2 saturated heterocycles. The highest BCUT2D eigenvalue weighted by molar-refractivity contribution is 5.76. The standard InChI is InChI=1S/C14H24N2O3/c1-10-3-5-15(6-4-10)14(19)16-8-11(2)7-12(9-16)13(17)18/h10-12H,3-9H2,1-2H3,(H,17,18). The molecule has 1 N–H and O–H groups in total. The fourth-order valence-corrected chi connectivity index (χ4v) is 3.09. The van der Waals surface area contributed by atoms with Gasteiger partial charge in [-0.2, -0.15) is 0 Å². The zero-order valence-corrected chi connectivity index (χ0v) is 11.8. The molecule has 0 aromatic heterocycles. The van der Waals surface area contributed by atoms with E-state index in [1.165, 1.54) is 0 Å². The Morgan fingerprint density at radius 3 is 2.21 bits per heavy atom. The molecule has 0 aliphatic carbocycles. The van der Waals surface area contributed by atoms with Crippen molar-refractivity contribution in [3.63, 3.8) is 0 Å². The number of urea groups is 1. The number of carbonyl (C=O) groups is 2. The fourth-order valence-electron chi connectivity index (χ4n) is 3.09. The van der Waals surface area contributed by atoms with Crippen LogP contribution < -0.4 is 0 Å². The lowest BCUT2D eigenvalue weighted by atomic mass is 9.90. The van der Waals surface area contributed by atoms with Gasteiger partial charge in [-0.05, 0) is 31.1 Å². The van der Waals surface area contributed by atoms with Gasteiger partial charge in [0.25, 0.3) is 0 Å². The Labute approximate surface area is 114 Å². The highest BCUT2D eigenvalue weighted by Crippen LogP contribution is 2.24. The van der Waals surface area contributed by atoms with Gasteiger partial charge in [-0.25, -0.2) is 4.79 Å². The number of likely N-dealkylation sites (tertiary alicyclic amines) is 2. The lowest BCUT2D eigenvalue weighted by Gasteiger charge is -2.39. The van der Waals surface area contributed by atoms with Crippen LogP contribution in [0.3, 0.4) is 0 Å². The highest BCUT2D eigenvalue weighted by Gasteiger charge is 2.34. The van der Waals surface area contributed by atoms with Crippen molar-refractivity contribution in [2.45, 2.75) is 33.1 Å². The summed E-state index contributed by atoms with van der Waals surface area (Å²) in [6.07, 6.45) is 2.78. The van der Waals surface area contributed by atoms with Crippen LogP contribution in [0.4, 0.5) is 4.79 Å². The SMILES string of the molecule is CC1CCN(C(=O)N2CC(C)CC(C(=O)O)C2)CC1. The molecule has 19 heavy (non-hydrogen) atoms. The molecular weight excluding hydrogens is 244 g/mol. The lowest BCUT2D eigenvalue weighted by Crippen LogP contribution is -2.52. The summed E-state index contributed by atoms with van der Waals surface area (Å²) in [6, 6.07) is 0.0321. The van der Waals surface area contributed by atoms with E-state index >= 15 is 0 Å². The van der Waals surface area contributed by atoms with Crippen molar-refractivity contribution in [1.29, 1.82) is 0 Å². The summed E-state index contributed by atoms with van der Waals surface area (Å²) in [7, 11) is 0. The third-order valence-corrected chi connectivity index (χ3v) is 4.33. The predicted octanol–water partition coefficient (Wildman–Crippen LogP) is 1.88. The van der Waals surface area contributed by atoms with Gasteiger partial charge in [0.2, 0.25) is 0 Å². The fraction of sp³-hybridized carbons (Fsp3) is 0.857.